The van der Waals surface area contributed by atoms with Crippen LogP contribution in [-0.2, 0) is 9.53 Å². The van der Waals surface area contributed by atoms with Gasteiger partial charge in [-0.1, -0.05) is 36.4 Å². The largest absolute Gasteiger partial charge is 0.496 e. The van der Waals surface area contributed by atoms with Gasteiger partial charge >= 0.3 is 5.97 Å². The fourth-order valence-corrected chi connectivity index (χ4v) is 2.39. The fourth-order valence-electron chi connectivity index (χ4n) is 2.39. The zero-order valence-electron chi connectivity index (χ0n) is 14.0. The SMILES string of the molecule is COC(=O)CC(NC(=O)c1ccc(C)c(OC)c1)c1ccccc1. The van der Waals surface area contributed by atoms with Gasteiger partial charge in [-0.15, -0.1) is 0 Å². The van der Waals surface area contributed by atoms with E-state index in [4.69, 9.17) is 9.47 Å². The Labute approximate surface area is 141 Å². The molecule has 1 atom stereocenters. The van der Waals surface area contributed by atoms with Gasteiger partial charge < -0.3 is 14.8 Å². The first-order chi connectivity index (χ1) is 11.5. The molecular weight excluding hydrogens is 306 g/mol. The zero-order valence-corrected chi connectivity index (χ0v) is 14.0. The molecule has 126 valence electrons. The van der Waals surface area contributed by atoms with Gasteiger partial charge in [0.05, 0.1) is 26.7 Å². The van der Waals surface area contributed by atoms with Gasteiger partial charge in [0.25, 0.3) is 5.91 Å². The van der Waals surface area contributed by atoms with Crippen molar-refractivity contribution in [2.75, 3.05) is 14.2 Å². The lowest BCUT2D eigenvalue weighted by Crippen LogP contribution is -2.30. The number of amides is 1. The molecule has 0 saturated carbocycles. The summed E-state index contributed by atoms with van der Waals surface area (Å²) < 4.78 is 9.98. The maximum atomic E-state index is 12.6. The van der Waals surface area contributed by atoms with Crippen LogP contribution in [0.1, 0.15) is 33.9 Å². The minimum Gasteiger partial charge on any atom is -0.496 e. The van der Waals surface area contributed by atoms with E-state index in [9.17, 15) is 9.59 Å². The van der Waals surface area contributed by atoms with Crippen molar-refractivity contribution in [1.29, 1.82) is 0 Å². The number of carbonyl (C=O) groups excluding carboxylic acids is 2. The van der Waals surface area contributed by atoms with Crippen LogP contribution in [0.5, 0.6) is 5.75 Å². The van der Waals surface area contributed by atoms with Gasteiger partial charge in [0.1, 0.15) is 5.75 Å². The van der Waals surface area contributed by atoms with Crippen molar-refractivity contribution in [3.8, 4) is 5.75 Å². The lowest BCUT2D eigenvalue weighted by molar-refractivity contribution is -0.141. The number of esters is 1. The first-order valence-corrected chi connectivity index (χ1v) is 7.62. The molecule has 0 saturated heterocycles. The molecule has 5 heteroatoms. The standard InChI is InChI=1S/C19H21NO4/c1-13-9-10-15(11-17(13)23-2)19(22)20-16(12-18(21)24-3)14-7-5-4-6-8-14/h4-11,16H,12H2,1-3H3,(H,20,22). The van der Waals surface area contributed by atoms with E-state index in [2.05, 4.69) is 5.32 Å². The maximum Gasteiger partial charge on any atom is 0.307 e. The van der Waals surface area contributed by atoms with Crippen LogP contribution in [0.3, 0.4) is 0 Å². The number of hydrogen-bond acceptors (Lipinski definition) is 4. The van der Waals surface area contributed by atoms with Crippen molar-refractivity contribution in [1.82, 2.24) is 5.32 Å². The lowest BCUT2D eigenvalue weighted by atomic mass is 10.0. The molecule has 1 amide bonds. The van der Waals surface area contributed by atoms with Crippen molar-refractivity contribution >= 4 is 11.9 Å². The monoisotopic (exact) mass is 327 g/mol. The van der Waals surface area contributed by atoms with Crippen molar-refractivity contribution in [2.45, 2.75) is 19.4 Å². The third-order valence-corrected chi connectivity index (χ3v) is 3.78. The first-order valence-electron chi connectivity index (χ1n) is 7.62. The molecule has 0 fully saturated rings. The van der Waals surface area contributed by atoms with E-state index in [0.717, 1.165) is 11.1 Å². The summed E-state index contributed by atoms with van der Waals surface area (Å²) in [6, 6.07) is 14.1. The van der Waals surface area contributed by atoms with Crippen LogP contribution in [0.25, 0.3) is 0 Å². The Morgan fingerprint density at radius 1 is 1.08 bits per heavy atom. The summed E-state index contributed by atoms with van der Waals surface area (Å²) in [7, 11) is 2.89. The molecule has 0 radical (unpaired) electrons. The second-order valence-corrected chi connectivity index (χ2v) is 5.40. The van der Waals surface area contributed by atoms with Crippen molar-refractivity contribution in [3.05, 3.63) is 65.2 Å². The number of aryl methyl sites for hydroxylation is 1. The highest BCUT2D eigenvalue weighted by Crippen LogP contribution is 2.21. The number of methoxy groups -OCH3 is 2. The molecule has 0 aliphatic rings. The molecule has 1 N–H and O–H groups in total. The normalized spacial score (nSPS) is 11.5. The van der Waals surface area contributed by atoms with Gasteiger partial charge in [0.15, 0.2) is 0 Å². The van der Waals surface area contributed by atoms with Crippen molar-refractivity contribution in [2.24, 2.45) is 0 Å². The smallest absolute Gasteiger partial charge is 0.307 e. The Morgan fingerprint density at radius 3 is 2.42 bits per heavy atom. The Kier molecular flexibility index (Phi) is 5.95. The summed E-state index contributed by atoms with van der Waals surface area (Å²) in [4.78, 5) is 24.2. The molecule has 0 heterocycles. The van der Waals surface area contributed by atoms with E-state index in [-0.39, 0.29) is 18.3 Å². The quantitative estimate of drug-likeness (QED) is 0.828. The average molecular weight is 327 g/mol. The summed E-state index contributed by atoms with van der Waals surface area (Å²) >= 11 is 0. The number of benzene rings is 2. The number of hydrogen-bond donors (Lipinski definition) is 1. The van der Waals surface area contributed by atoms with Crippen LogP contribution in [0, 0.1) is 6.92 Å². The molecule has 2 aromatic rings. The van der Waals surface area contributed by atoms with Gasteiger partial charge in [0, 0.05) is 5.56 Å². The van der Waals surface area contributed by atoms with Crippen molar-refractivity contribution < 1.29 is 19.1 Å². The summed E-state index contributed by atoms with van der Waals surface area (Å²) in [5, 5.41) is 2.89. The second kappa shape index (κ2) is 8.15. The molecular formula is C19H21NO4. The molecule has 2 rings (SSSR count). The van der Waals surface area contributed by atoms with Crippen LogP contribution in [-0.4, -0.2) is 26.1 Å². The Balaban J connectivity index is 2.22. The second-order valence-electron chi connectivity index (χ2n) is 5.40. The van der Waals surface area contributed by atoms with E-state index in [1.54, 1.807) is 19.2 Å². The van der Waals surface area contributed by atoms with Gasteiger partial charge in [-0.3, -0.25) is 9.59 Å². The number of nitrogens with one attached hydrogen (secondary N) is 1. The maximum absolute atomic E-state index is 12.6. The molecule has 5 nitrogen and oxygen atoms in total. The van der Waals surface area contributed by atoms with Crippen LogP contribution in [0.15, 0.2) is 48.5 Å². The van der Waals surface area contributed by atoms with Crippen LogP contribution in [0.2, 0.25) is 0 Å². The number of ether oxygens (including phenoxy) is 2. The topological polar surface area (TPSA) is 64.6 Å². The molecule has 0 aliphatic heterocycles. The lowest BCUT2D eigenvalue weighted by Gasteiger charge is -2.18. The van der Waals surface area contributed by atoms with Crippen molar-refractivity contribution in [3.63, 3.8) is 0 Å². The fraction of sp³-hybridized carbons (Fsp3) is 0.263. The van der Waals surface area contributed by atoms with Gasteiger partial charge in [-0.2, -0.15) is 0 Å². The van der Waals surface area contributed by atoms with Gasteiger partial charge in [-0.25, -0.2) is 0 Å². The minimum absolute atomic E-state index is 0.0647. The summed E-state index contributed by atoms with van der Waals surface area (Å²) in [6.45, 7) is 1.91. The Morgan fingerprint density at radius 2 is 1.79 bits per heavy atom. The van der Waals surface area contributed by atoms with Crippen LogP contribution in [0.4, 0.5) is 0 Å². The van der Waals surface area contributed by atoms with Gasteiger partial charge in [0.2, 0.25) is 0 Å². The number of rotatable bonds is 6. The average Bonchev–Trinajstić information content (AvgIpc) is 2.62. The molecule has 0 aliphatic carbocycles. The first kappa shape index (κ1) is 17.5. The van der Waals surface area contributed by atoms with E-state index in [1.165, 1.54) is 7.11 Å². The van der Waals surface area contributed by atoms with Crippen LogP contribution >= 0.6 is 0 Å². The molecule has 0 bridgehead atoms. The van der Waals surface area contributed by atoms with E-state index in [0.29, 0.717) is 11.3 Å². The highest BCUT2D eigenvalue weighted by atomic mass is 16.5. The zero-order chi connectivity index (χ0) is 17.5. The minimum atomic E-state index is -0.460. The van der Waals surface area contributed by atoms with E-state index >= 15 is 0 Å². The molecule has 2 aromatic carbocycles. The summed E-state index contributed by atoms with van der Waals surface area (Å²) in [5.74, 6) is -0.0106. The molecule has 24 heavy (non-hydrogen) atoms. The van der Waals surface area contributed by atoms with Crippen LogP contribution < -0.4 is 10.1 Å². The summed E-state index contributed by atoms with van der Waals surface area (Å²) in [6.07, 6.45) is 0.0647. The third-order valence-electron chi connectivity index (χ3n) is 3.78. The van der Waals surface area contributed by atoms with Gasteiger partial charge in [-0.05, 0) is 30.2 Å². The van der Waals surface area contributed by atoms with E-state index in [1.807, 2.05) is 43.3 Å². The van der Waals surface area contributed by atoms with E-state index < -0.39 is 6.04 Å². The third kappa shape index (κ3) is 4.35. The molecule has 0 aromatic heterocycles. The predicted octanol–water partition coefficient (Wildman–Crippen LogP) is 3.04. The highest BCUT2D eigenvalue weighted by molar-refractivity contribution is 5.95. The predicted molar refractivity (Wildman–Crippen MR) is 91.0 cm³/mol. The molecule has 1 unspecified atom stereocenters. The Bertz CT molecular complexity index is 713. The summed E-state index contributed by atoms with van der Waals surface area (Å²) in [5.41, 5.74) is 2.27. The number of carbonyl (C=O) groups is 2. The Hall–Kier alpha value is -2.82. The highest BCUT2D eigenvalue weighted by Gasteiger charge is 2.20. The molecule has 0 spiro atoms.